The third-order valence-corrected chi connectivity index (χ3v) is 7.45. The lowest BCUT2D eigenvalue weighted by molar-refractivity contribution is -0.175. The van der Waals surface area contributed by atoms with E-state index in [-0.39, 0.29) is 35.7 Å². The van der Waals surface area contributed by atoms with Crippen molar-refractivity contribution in [3.63, 3.8) is 0 Å². The number of fused-ring (bicyclic) bond motifs is 1. The molecule has 0 heterocycles. The Balaban J connectivity index is 2.29. The monoisotopic (exact) mass is 352 g/mol. The van der Waals surface area contributed by atoms with Gasteiger partial charge in [0.15, 0.2) is 0 Å². The van der Waals surface area contributed by atoms with Crippen LogP contribution in [0.3, 0.4) is 0 Å². The molecular weight excluding hydrogens is 316 g/mol. The first-order valence-electron chi connectivity index (χ1n) is 9.92. The van der Waals surface area contributed by atoms with E-state index < -0.39 is 5.41 Å². The molecular formula is C21H36O4. The molecule has 0 bridgehead atoms. The van der Waals surface area contributed by atoms with Crippen molar-refractivity contribution in [3.05, 3.63) is 0 Å². The van der Waals surface area contributed by atoms with Gasteiger partial charge in [0.25, 0.3) is 0 Å². The molecule has 2 aliphatic rings. The van der Waals surface area contributed by atoms with Crippen LogP contribution in [0.5, 0.6) is 0 Å². The number of aliphatic hydroxyl groups is 1. The second-order valence-electron chi connectivity index (χ2n) is 9.11. The minimum atomic E-state index is -0.442. The van der Waals surface area contributed by atoms with Crippen LogP contribution in [0.25, 0.3) is 0 Å². The first kappa shape index (κ1) is 20.4. The summed E-state index contributed by atoms with van der Waals surface area (Å²) in [6, 6.07) is 0. The second-order valence-corrected chi connectivity index (χ2v) is 9.11. The highest BCUT2D eigenvalue weighted by atomic mass is 16.5. The Labute approximate surface area is 152 Å². The summed E-state index contributed by atoms with van der Waals surface area (Å²) in [5.41, 5.74) is -0.452. The average Bonchev–Trinajstić information content (AvgIpc) is 2.58. The fourth-order valence-electron chi connectivity index (χ4n) is 5.97. The van der Waals surface area contributed by atoms with Gasteiger partial charge in [-0.3, -0.25) is 9.59 Å². The van der Waals surface area contributed by atoms with Crippen molar-refractivity contribution in [2.75, 3.05) is 13.7 Å². The zero-order valence-electron chi connectivity index (χ0n) is 16.6. The standard InChI is InChI=1S/C21H36O4/c1-14(2)17(23)9-8-16-15(13-22)7-10-18-20(16,3)11-6-12-21(18,4)19(24)25-5/h14-16,18,22H,6-13H2,1-5H3/t15?,16?,18?,20-,21-/m1/s1. The average molecular weight is 353 g/mol. The van der Waals surface area contributed by atoms with Gasteiger partial charge in [-0.25, -0.2) is 0 Å². The number of carbonyl (C=O) groups excluding carboxylic acids is 2. The van der Waals surface area contributed by atoms with Crippen molar-refractivity contribution < 1.29 is 19.4 Å². The Kier molecular flexibility index (Phi) is 6.35. The van der Waals surface area contributed by atoms with Gasteiger partial charge in [-0.05, 0) is 62.2 Å². The molecule has 0 aromatic rings. The van der Waals surface area contributed by atoms with E-state index in [0.717, 1.165) is 38.5 Å². The third-order valence-electron chi connectivity index (χ3n) is 7.45. The molecule has 4 nitrogen and oxygen atoms in total. The van der Waals surface area contributed by atoms with Crippen LogP contribution in [-0.4, -0.2) is 30.6 Å². The summed E-state index contributed by atoms with van der Waals surface area (Å²) in [6.07, 6.45) is 6.25. The minimum Gasteiger partial charge on any atom is -0.469 e. The van der Waals surface area contributed by atoms with Crippen LogP contribution in [0.2, 0.25) is 0 Å². The first-order chi connectivity index (χ1) is 11.7. The van der Waals surface area contributed by atoms with Crippen LogP contribution < -0.4 is 0 Å². The number of ketones is 1. The summed E-state index contributed by atoms with van der Waals surface area (Å²) in [5, 5.41) is 9.95. The summed E-state index contributed by atoms with van der Waals surface area (Å²) in [4.78, 5) is 24.8. The fraction of sp³-hybridized carbons (Fsp3) is 0.905. The molecule has 2 saturated carbocycles. The van der Waals surface area contributed by atoms with Gasteiger partial charge in [-0.2, -0.15) is 0 Å². The normalized spacial score (nSPS) is 38.3. The molecule has 0 saturated heterocycles. The highest BCUT2D eigenvalue weighted by molar-refractivity contribution is 5.80. The Morgan fingerprint density at radius 3 is 2.44 bits per heavy atom. The number of ether oxygens (including phenoxy) is 1. The van der Waals surface area contributed by atoms with E-state index in [0.29, 0.717) is 18.1 Å². The Morgan fingerprint density at radius 1 is 1.20 bits per heavy atom. The number of aliphatic hydroxyl groups excluding tert-OH is 1. The molecule has 2 fully saturated rings. The third kappa shape index (κ3) is 3.65. The van der Waals surface area contributed by atoms with E-state index in [1.54, 1.807) is 0 Å². The summed E-state index contributed by atoms with van der Waals surface area (Å²) in [5.74, 6) is 1.07. The van der Waals surface area contributed by atoms with E-state index in [9.17, 15) is 14.7 Å². The summed E-state index contributed by atoms with van der Waals surface area (Å²) in [7, 11) is 1.48. The number of carbonyl (C=O) groups is 2. The fourth-order valence-corrected chi connectivity index (χ4v) is 5.97. The molecule has 25 heavy (non-hydrogen) atoms. The number of hydrogen-bond acceptors (Lipinski definition) is 4. The van der Waals surface area contributed by atoms with Gasteiger partial charge in [-0.15, -0.1) is 0 Å². The Bertz CT molecular complexity index is 500. The van der Waals surface area contributed by atoms with Gasteiger partial charge >= 0.3 is 5.97 Å². The lowest BCUT2D eigenvalue weighted by atomic mass is 9.45. The predicted molar refractivity (Wildman–Crippen MR) is 97.9 cm³/mol. The molecule has 4 heteroatoms. The minimum absolute atomic E-state index is 0.00983. The van der Waals surface area contributed by atoms with Crippen LogP contribution in [0, 0.1) is 34.5 Å². The maximum atomic E-state index is 12.6. The number of hydrogen-bond donors (Lipinski definition) is 1. The lowest BCUT2D eigenvalue weighted by Crippen LogP contribution is -2.55. The van der Waals surface area contributed by atoms with E-state index in [2.05, 4.69) is 13.8 Å². The van der Waals surface area contributed by atoms with E-state index in [1.807, 2.05) is 13.8 Å². The van der Waals surface area contributed by atoms with Crippen LogP contribution >= 0.6 is 0 Å². The quantitative estimate of drug-likeness (QED) is 0.734. The first-order valence-corrected chi connectivity index (χ1v) is 9.92. The van der Waals surface area contributed by atoms with E-state index in [1.165, 1.54) is 7.11 Å². The van der Waals surface area contributed by atoms with Crippen LogP contribution in [0.15, 0.2) is 0 Å². The second kappa shape index (κ2) is 7.77. The van der Waals surface area contributed by atoms with Crippen LogP contribution in [0.1, 0.15) is 72.6 Å². The van der Waals surface area contributed by atoms with Crippen molar-refractivity contribution in [3.8, 4) is 0 Å². The molecule has 0 aromatic heterocycles. The van der Waals surface area contributed by atoms with Crippen LogP contribution in [-0.2, 0) is 14.3 Å². The maximum absolute atomic E-state index is 12.6. The van der Waals surface area contributed by atoms with Crippen molar-refractivity contribution >= 4 is 11.8 Å². The molecule has 0 spiro atoms. The molecule has 0 aliphatic heterocycles. The van der Waals surface area contributed by atoms with E-state index in [4.69, 9.17) is 4.74 Å². The van der Waals surface area contributed by atoms with Gasteiger partial charge in [0, 0.05) is 18.9 Å². The van der Waals surface area contributed by atoms with Gasteiger partial charge in [0.2, 0.25) is 0 Å². The van der Waals surface area contributed by atoms with Crippen molar-refractivity contribution in [1.82, 2.24) is 0 Å². The zero-order chi connectivity index (χ0) is 18.8. The summed E-state index contributed by atoms with van der Waals surface area (Å²) >= 11 is 0. The van der Waals surface area contributed by atoms with E-state index >= 15 is 0 Å². The largest absolute Gasteiger partial charge is 0.469 e. The van der Waals surface area contributed by atoms with Gasteiger partial charge in [0.1, 0.15) is 5.78 Å². The summed E-state index contributed by atoms with van der Waals surface area (Å²) in [6.45, 7) is 8.44. The molecule has 2 rings (SSSR count). The molecule has 1 N–H and O–H groups in total. The Morgan fingerprint density at radius 2 is 1.88 bits per heavy atom. The zero-order valence-corrected chi connectivity index (χ0v) is 16.6. The predicted octanol–water partition coefficient (Wildman–Crippen LogP) is 4.00. The maximum Gasteiger partial charge on any atom is 0.311 e. The Hall–Kier alpha value is -0.900. The highest BCUT2D eigenvalue weighted by Crippen LogP contribution is 2.62. The molecule has 3 unspecified atom stereocenters. The highest BCUT2D eigenvalue weighted by Gasteiger charge is 2.58. The molecule has 0 aromatic carbocycles. The number of methoxy groups -OCH3 is 1. The topological polar surface area (TPSA) is 63.6 Å². The number of rotatable bonds is 6. The molecule has 144 valence electrons. The molecule has 5 atom stereocenters. The van der Waals surface area contributed by atoms with Gasteiger partial charge < -0.3 is 9.84 Å². The van der Waals surface area contributed by atoms with Crippen molar-refractivity contribution in [1.29, 1.82) is 0 Å². The van der Waals surface area contributed by atoms with Gasteiger partial charge in [-0.1, -0.05) is 27.2 Å². The summed E-state index contributed by atoms with van der Waals surface area (Å²) < 4.78 is 5.16. The number of Topliss-reactive ketones (excluding diaryl/α,β-unsaturated/α-hetero) is 1. The smallest absolute Gasteiger partial charge is 0.311 e. The molecule has 2 aliphatic carbocycles. The molecule has 0 amide bonds. The lowest BCUT2D eigenvalue weighted by Gasteiger charge is -2.59. The van der Waals surface area contributed by atoms with Crippen molar-refractivity contribution in [2.24, 2.45) is 34.5 Å². The van der Waals surface area contributed by atoms with Crippen molar-refractivity contribution in [2.45, 2.75) is 72.6 Å². The number of esters is 1. The van der Waals surface area contributed by atoms with Gasteiger partial charge in [0.05, 0.1) is 12.5 Å². The van der Waals surface area contributed by atoms with Crippen LogP contribution in [0.4, 0.5) is 0 Å². The molecule has 0 radical (unpaired) electrons. The SMILES string of the molecule is COC(=O)[C@]1(C)CCC[C@]2(C)C(CCC(=O)C(C)C)C(CO)CCC21.